The van der Waals surface area contributed by atoms with Crippen molar-refractivity contribution in [3.8, 4) is 0 Å². The second kappa shape index (κ2) is 8.71. The minimum absolute atomic E-state index is 0.0272. The molecule has 9 heteroatoms. The van der Waals surface area contributed by atoms with Crippen molar-refractivity contribution in [3.63, 3.8) is 0 Å². The van der Waals surface area contributed by atoms with E-state index >= 15 is 0 Å². The first-order valence-electron chi connectivity index (χ1n) is 9.92. The van der Waals surface area contributed by atoms with Crippen molar-refractivity contribution >= 4 is 43.8 Å². The number of carbonyl (C=O) groups excluding carboxylic acids is 1. The Hall–Kier alpha value is -4.24. The van der Waals surface area contributed by atoms with Gasteiger partial charge in [0.1, 0.15) is 0 Å². The van der Waals surface area contributed by atoms with Gasteiger partial charge < -0.3 is 5.32 Å². The molecule has 4 rings (SSSR count). The van der Waals surface area contributed by atoms with E-state index < -0.39 is 20.9 Å². The van der Waals surface area contributed by atoms with Crippen molar-refractivity contribution in [2.45, 2.75) is 11.8 Å². The second-order valence-corrected chi connectivity index (χ2v) is 9.05. The largest absolute Gasteiger partial charge is 0.322 e. The van der Waals surface area contributed by atoms with Crippen LogP contribution < -0.4 is 10.0 Å². The summed E-state index contributed by atoms with van der Waals surface area (Å²) in [5, 5.41) is 15.4. The van der Waals surface area contributed by atoms with Gasteiger partial charge in [-0.2, -0.15) is 0 Å². The fourth-order valence-electron chi connectivity index (χ4n) is 3.39. The van der Waals surface area contributed by atoms with Gasteiger partial charge in [0.15, 0.2) is 0 Å². The Morgan fingerprint density at radius 1 is 0.909 bits per heavy atom. The normalized spacial score (nSPS) is 11.2. The number of anilines is 2. The van der Waals surface area contributed by atoms with Crippen LogP contribution in [0.5, 0.6) is 0 Å². The van der Waals surface area contributed by atoms with Crippen LogP contribution in [0, 0.1) is 17.0 Å². The lowest BCUT2D eigenvalue weighted by molar-refractivity contribution is -0.385. The molecule has 0 atom stereocenters. The summed E-state index contributed by atoms with van der Waals surface area (Å²) in [6, 6.07) is 22.7. The number of nitro groups is 1. The highest BCUT2D eigenvalue weighted by Gasteiger charge is 2.17. The number of nitrogens with zero attached hydrogens (tertiary/aromatic N) is 1. The molecule has 0 aliphatic rings. The molecule has 0 saturated heterocycles. The highest BCUT2D eigenvalue weighted by molar-refractivity contribution is 7.92. The third-order valence-corrected chi connectivity index (χ3v) is 6.51. The molecule has 1 amide bonds. The van der Waals surface area contributed by atoms with E-state index in [1.54, 1.807) is 19.1 Å². The minimum Gasteiger partial charge on any atom is -0.322 e. The van der Waals surface area contributed by atoms with Gasteiger partial charge in [0.2, 0.25) is 0 Å². The Morgan fingerprint density at radius 3 is 2.33 bits per heavy atom. The van der Waals surface area contributed by atoms with Crippen LogP contribution in [0.25, 0.3) is 10.8 Å². The third-order valence-electron chi connectivity index (χ3n) is 5.12. The zero-order valence-electron chi connectivity index (χ0n) is 17.5. The van der Waals surface area contributed by atoms with Gasteiger partial charge in [-0.05, 0) is 48.7 Å². The van der Waals surface area contributed by atoms with Crippen LogP contribution in [0.1, 0.15) is 15.9 Å². The number of carbonyl (C=O) groups is 1. The Morgan fingerprint density at radius 2 is 1.61 bits per heavy atom. The lowest BCUT2D eigenvalue weighted by Gasteiger charge is -2.12. The van der Waals surface area contributed by atoms with Gasteiger partial charge in [0.05, 0.1) is 15.5 Å². The van der Waals surface area contributed by atoms with E-state index in [4.69, 9.17) is 0 Å². The fourth-order valence-corrected chi connectivity index (χ4v) is 4.47. The van der Waals surface area contributed by atoms with Crippen molar-refractivity contribution in [1.82, 2.24) is 0 Å². The van der Waals surface area contributed by atoms with Crippen LogP contribution in [-0.4, -0.2) is 19.2 Å². The van der Waals surface area contributed by atoms with Crippen LogP contribution in [0.3, 0.4) is 0 Å². The first-order chi connectivity index (χ1) is 15.7. The molecule has 2 N–H and O–H groups in total. The molecule has 0 aromatic heterocycles. The quantitative estimate of drug-likeness (QED) is 0.306. The molecule has 0 aliphatic heterocycles. The standard InChI is InChI=1S/C24H19N3O5S/c1-16-9-10-18(15-23(16)27(29)30)24(28)25-19-11-13-20(14-12-19)33(31,32)26-22-8-4-6-17-5-2-3-7-21(17)22/h2-15,26H,1H3,(H,25,28). The molecule has 4 aromatic rings. The summed E-state index contributed by atoms with van der Waals surface area (Å²) in [5.74, 6) is -0.539. The Balaban J connectivity index is 1.52. The van der Waals surface area contributed by atoms with Crippen LogP contribution in [-0.2, 0) is 10.0 Å². The van der Waals surface area contributed by atoms with Gasteiger partial charge >= 0.3 is 0 Å². The molecule has 4 aromatic carbocycles. The number of nitro benzene ring substituents is 1. The molecule has 0 heterocycles. The van der Waals surface area contributed by atoms with Crippen molar-refractivity contribution in [2.24, 2.45) is 0 Å². The minimum atomic E-state index is -3.86. The molecule has 0 aliphatic carbocycles. The highest BCUT2D eigenvalue weighted by Crippen LogP contribution is 2.26. The topological polar surface area (TPSA) is 118 Å². The molecule has 0 bridgehead atoms. The number of nitrogens with one attached hydrogen (secondary N) is 2. The lowest BCUT2D eigenvalue weighted by atomic mass is 10.1. The summed E-state index contributed by atoms with van der Waals surface area (Å²) < 4.78 is 28.3. The number of hydrogen-bond donors (Lipinski definition) is 2. The third kappa shape index (κ3) is 4.68. The van der Waals surface area contributed by atoms with Crippen molar-refractivity contribution in [3.05, 3.63) is 106 Å². The molecule has 33 heavy (non-hydrogen) atoms. The maximum absolute atomic E-state index is 12.9. The molecule has 0 spiro atoms. The van der Waals surface area contributed by atoms with Crippen molar-refractivity contribution < 1.29 is 18.1 Å². The molecular formula is C24H19N3O5S. The number of sulfonamides is 1. The number of fused-ring (bicyclic) bond motifs is 1. The number of hydrogen-bond acceptors (Lipinski definition) is 5. The van der Waals surface area contributed by atoms with Gasteiger partial charge in [-0.25, -0.2) is 8.42 Å². The van der Waals surface area contributed by atoms with E-state index in [0.717, 1.165) is 10.8 Å². The van der Waals surface area contributed by atoms with Crippen molar-refractivity contribution in [2.75, 3.05) is 10.0 Å². The summed E-state index contributed by atoms with van der Waals surface area (Å²) in [6.45, 7) is 1.59. The van der Waals surface area contributed by atoms with E-state index in [2.05, 4.69) is 10.0 Å². The van der Waals surface area contributed by atoms with E-state index in [-0.39, 0.29) is 16.1 Å². The summed E-state index contributed by atoms with van der Waals surface area (Å²) >= 11 is 0. The Labute approximate surface area is 190 Å². The maximum atomic E-state index is 12.9. The van der Waals surface area contributed by atoms with Gasteiger partial charge in [0.25, 0.3) is 21.6 Å². The molecule has 0 unspecified atom stereocenters. The Bertz CT molecular complexity index is 1480. The predicted molar refractivity (Wildman–Crippen MR) is 127 cm³/mol. The van der Waals surface area contributed by atoms with Gasteiger partial charge in [-0.15, -0.1) is 0 Å². The van der Waals surface area contributed by atoms with E-state index in [1.165, 1.54) is 42.5 Å². The molecule has 0 saturated carbocycles. The van der Waals surface area contributed by atoms with E-state index in [9.17, 15) is 23.3 Å². The Kier molecular flexibility index (Phi) is 5.80. The molecule has 8 nitrogen and oxygen atoms in total. The second-order valence-electron chi connectivity index (χ2n) is 7.37. The molecule has 166 valence electrons. The lowest BCUT2D eigenvalue weighted by Crippen LogP contribution is -2.14. The van der Waals surface area contributed by atoms with Gasteiger partial charge in [0, 0.05) is 28.3 Å². The van der Waals surface area contributed by atoms with Gasteiger partial charge in [-0.1, -0.05) is 42.5 Å². The van der Waals surface area contributed by atoms with Crippen LogP contribution in [0.15, 0.2) is 89.8 Å². The number of rotatable bonds is 6. The van der Waals surface area contributed by atoms with Crippen LogP contribution in [0.2, 0.25) is 0 Å². The average Bonchev–Trinajstić information content (AvgIpc) is 2.79. The molecular weight excluding hydrogens is 442 g/mol. The first-order valence-corrected chi connectivity index (χ1v) is 11.4. The van der Waals surface area contributed by atoms with Crippen LogP contribution >= 0.6 is 0 Å². The summed E-state index contributed by atoms with van der Waals surface area (Å²) in [4.78, 5) is 23.1. The summed E-state index contributed by atoms with van der Waals surface area (Å²) in [7, 11) is -3.86. The van der Waals surface area contributed by atoms with E-state index in [0.29, 0.717) is 16.9 Å². The fraction of sp³-hybridized carbons (Fsp3) is 0.0417. The monoisotopic (exact) mass is 461 g/mol. The maximum Gasteiger partial charge on any atom is 0.273 e. The zero-order chi connectivity index (χ0) is 23.6. The van der Waals surface area contributed by atoms with Crippen molar-refractivity contribution in [1.29, 1.82) is 0 Å². The summed E-state index contributed by atoms with van der Waals surface area (Å²) in [6.07, 6.45) is 0. The summed E-state index contributed by atoms with van der Waals surface area (Å²) in [5.41, 5.74) is 1.24. The number of amides is 1. The number of aryl methyl sites for hydroxylation is 1. The van der Waals surface area contributed by atoms with E-state index in [1.807, 2.05) is 30.3 Å². The van der Waals surface area contributed by atoms with Crippen LogP contribution in [0.4, 0.5) is 17.1 Å². The predicted octanol–water partition coefficient (Wildman–Crippen LogP) is 5.11. The average molecular weight is 461 g/mol. The van der Waals surface area contributed by atoms with Gasteiger partial charge in [-0.3, -0.25) is 19.6 Å². The molecule has 0 radical (unpaired) electrons. The smallest absolute Gasteiger partial charge is 0.273 e. The zero-order valence-corrected chi connectivity index (χ0v) is 18.3. The highest BCUT2D eigenvalue weighted by atomic mass is 32.2. The SMILES string of the molecule is Cc1ccc(C(=O)Nc2ccc(S(=O)(=O)Nc3cccc4ccccc34)cc2)cc1[N+](=O)[O-]. The number of benzene rings is 4. The first kappa shape index (κ1) is 22.0. The molecule has 0 fully saturated rings.